The number of hydrogen-bond acceptors (Lipinski definition) is 4. The maximum atomic E-state index is 13.1. The maximum Gasteiger partial charge on any atom is 0.397 e. The van der Waals surface area contributed by atoms with Crippen LogP contribution in [0.3, 0.4) is 0 Å². The second kappa shape index (κ2) is 6.92. The number of alkyl halides is 3. The molecule has 2 rings (SSSR count). The average Bonchev–Trinajstić information content (AvgIpc) is 2.48. The van der Waals surface area contributed by atoms with E-state index in [1.165, 1.54) is 12.1 Å². The smallest absolute Gasteiger partial charge is 0.397 e. The summed E-state index contributed by atoms with van der Waals surface area (Å²) in [6.45, 7) is 2.10. The van der Waals surface area contributed by atoms with E-state index in [1.807, 2.05) is 0 Å². The van der Waals surface area contributed by atoms with Gasteiger partial charge in [-0.15, -0.1) is 0 Å². The number of benzene rings is 1. The molecule has 0 N–H and O–H groups in total. The Kier molecular flexibility index (Phi) is 5.32. The molecule has 0 fully saturated rings. The predicted molar refractivity (Wildman–Crippen MR) is 84.8 cm³/mol. The molecule has 0 aliphatic rings. The fourth-order valence-electron chi connectivity index (χ4n) is 2.19. The van der Waals surface area contributed by atoms with Gasteiger partial charge >= 0.3 is 12.1 Å². The third kappa shape index (κ3) is 3.77. The quantitative estimate of drug-likeness (QED) is 0.730. The number of carbonyl (C=O) groups excluding carboxylic acids is 1. The number of carbonyl (C=O) groups is 1. The minimum Gasteiger partial charge on any atom is -0.465 e. The highest BCUT2D eigenvalue weighted by Crippen LogP contribution is 2.36. The number of nitrogens with zero attached hydrogens (tertiary/aromatic N) is 2. The lowest BCUT2D eigenvalue weighted by molar-refractivity contribution is -0.147. The molecule has 1 aromatic heterocycles. The van der Waals surface area contributed by atoms with Crippen molar-refractivity contribution in [3.63, 3.8) is 0 Å². The van der Waals surface area contributed by atoms with Crippen molar-refractivity contribution in [3.8, 4) is 0 Å². The van der Waals surface area contributed by atoms with Crippen LogP contribution in [-0.2, 0) is 16.1 Å². The Balaban J connectivity index is 2.69. The van der Waals surface area contributed by atoms with Gasteiger partial charge in [0, 0.05) is 9.86 Å². The fourth-order valence-corrected chi connectivity index (χ4v) is 2.56. The molecule has 1 aromatic carbocycles. The van der Waals surface area contributed by atoms with Crippen molar-refractivity contribution in [2.75, 3.05) is 6.61 Å². The van der Waals surface area contributed by atoms with Crippen molar-refractivity contribution >= 4 is 32.7 Å². The second-order valence-corrected chi connectivity index (χ2v) is 6.02. The van der Waals surface area contributed by atoms with E-state index in [1.54, 1.807) is 13.0 Å². The minimum absolute atomic E-state index is 0.0589. The zero-order valence-corrected chi connectivity index (χ0v) is 14.4. The molecule has 0 saturated carbocycles. The normalized spacial score (nSPS) is 13.1. The third-order valence-corrected chi connectivity index (χ3v) is 3.93. The number of rotatable bonds is 4. The van der Waals surface area contributed by atoms with Gasteiger partial charge in [0.2, 0.25) is 0 Å². The van der Waals surface area contributed by atoms with Crippen LogP contribution in [0.2, 0.25) is 0 Å². The standard InChI is InChI=1S/C15H14BrF3N2O3/c1-3-24-12(22)7-21-14(23)10-5-4-9(16)6-11(10)13(20-21)8(2)15(17,18)19/h4-6,8H,3,7H2,1-2H3. The summed E-state index contributed by atoms with van der Waals surface area (Å²) in [5, 5.41) is 3.95. The van der Waals surface area contributed by atoms with Crippen molar-refractivity contribution in [2.45, 2.75) is 32.5 Å². The van der Waals surface area contributed by atoms with E-state index < -0.39 is 30.2 Å². The molecule has 1 heterocycles. The van der Waals surface area contributed by atoms with Crippen molar-refractivity contribution in [3.05, 3.63) is 38.7 Å². The van der Waals surface area contributed by atoms with Crippen LogP contribution in [0.1, 0.15) is 25.5 Å². The molecule has 0 aliphatic carbocycles. The molecule has 0 radical (unpaired) electrons. The van der Waals surface area contributed by atoms with Crippen LogP contribution in [0, 0.1) is 0 Å². The molecule has 0 spiro atoms. The maximum absolute atomic E-state index is 13.1. The van der Waals surface area contributed by atoms with Gasteiger partial charge in [-0.1, -0.05) is 15.9 Å². The molecule has 9 heteroatoms. The van der Waals surface area contributed by atoms with Crippen molar-refractivity contribution < 1.29 is 22.7 Å². The summed E-state index contributed by atoms with van der Waals surface area (Å²) >= 11 is 3.18. The lowest BCUT2D eigenvalue weighted by atomic mass is 10.0. The number of fused-ring (bicyclic) bond motifs is 1. The van der Waals surface area contributed by atoms with Gasteiger partial charge in [0.15, 0.2) is 0 Å². The van der Waals surface area contributed by atoms with Gasteiger partial charge in [0.1, 0.15) is 6.54 Å². The Bertz CT molecular complexity index is 833. The van der Waals surface area contributed by atoms with Crippen LogP contribution in [0.4, 0.5) is 13.2 Å². The summed E-state index contributed by atoms with van der Waals surface area (Å²) in [6, 6.07) is 4.36. The van der Waals surface area contributed by atoms with Gasteiger partial charge < -0.3 is 4.74 Å². The number of aromatic nitrogens is 2. The lowest BCUT2D eigenvalue weighted by Gasteiger charge is -2.18. The Morgan fingerprint density at radius 1 is 1.38 bits per heavy atom. The van der Waals surface area contributed by atoms with E-state index in [2.05, 4.69) is 21.0 Å². The average molecular weight is 407 g/mol. The van der Waals surface area contributed by atoms with Gasteiger partial charge in [0.25, 0.3) is 5.56 Å². The van der Waals surface area contributed by atoms with Crippen LogP contribution >= 0.6 is 15.9 Å². The van der Waals surface area contributed by atoms with Gasteiger partial charge in [-0.3, -0.25) is 9.59 Å². The van der Waals surface area contributed by atoms with Crippen LogP contribution in [0.15, 0.2) is 27.5 Å². The molecule has 1 atom stereocenters. The zero-order chi connectivity index (χ0) is 18.1. The highest BCUT2D eigenvalue weighted by atomic mass is 79.9. The molecule has 0 bridgehead atoms. The molecule has 0 saturated heterocycles. The molecule has 0 aliphatic heterocycles. The first-order chi connectivity index (χ1) is 11.1. The predicted octanol–water partition coefficient (Wildman–Crippen LogP) is 3.39. The first kappa shape index (κ1) is 18.4. The van der Waals surface area contributed by atoms with E-state index in [0.29, 0.717) is 9.15 Å². The zero-order valence-electron chi connectivity index (χ0n) is 12.9. The van der Waals surface area contributed by atoms with Crippen LogP contribution in [0.5, 0.6) is 0 Å². The molecule has 0 amide bonds. The molecule has 2 aromatic rings. The highest BCUT2D eigenvalue weighted by molar-refractivity contribution is 9.10. The lowest BCUT2D eigenvalue weighted by Crippen LogP contribution is -2.31. The number of hydrogen-bond donors (Lipinski definition) is 0. The topological polar surface area (TPSA) is 61.2 Å². The van der Waals surface area contributed by atoms with Gasteiger partial charge in [-0.05, 0) is 32.0 Å². The number of halogens is 4. The summed E-state index contributed by atoms with van der Waals surface area (Å²) in [7, 11) is 0. The number of esters is 1. The summed E-state index contributed by atoms with van der Waals surface area (Å²) < 4.78 is 45.4. The molecular weight excluding hydrogens is 393 g/mol. The van der Waals surface area contributed by atoms with Crippen molar-refractivity contribution in [1.29, 1.82) is 0 Å². The van der Waals surface area contributed by atoms with E-state index in [9.17, 15) is 22.8 Å². The second-order valence-electron chi connectivity index (χ2n) is 5.11. The highest BCUT2D eigenvalue weighted by Gasteiger charge is 2.39. The Morgan fingerprint density at radius 3 is 2.62 bits per heavy atom. The summed E-state index contributed by atoms with van der Waals surface area (Å²) in [5.41, 5.74) is -0.966. The first-order valence-electron chi connectivity index (χ1n) is 7.07. The van der Waals surface area contributed by atoms with Gasteiger partial charge in [-0.2, -0.15) is 18.3 Å². The molecule has 24 heavy (non-hydrogen) atoms. The van der Waals surface area contributed by atoms with Crippen LogP contribution in [0.25, 0.3) is 10.8 Å². The van der Waals surface area contributed by atoms with Crippen LogP contribution < -0.4 is 5.56 Å². The molecular formula is C15H14BrF3N2O3. The SMILES string of the molecule is CCOC(=O)Cn1nc(C(C)C(F)(F)F)c2cc(Br)ccc2c1=O. The van der Waals surface area contributed by atoms with Gasteiger partial charge in [0.05, 0.1) is 23.6 Å². The van der Waals surface area contributed by atoms with E-state index in [0.717, 1.165) is 6.92 Å². The van der Waals surface area contributed by atoms with E-state index in [4.69, 9.17) is 4.74 Å². The van der Waals surface area contributed by atoms with Crippen molar-refractivity contribution in [1.82, 2.24) is 9.78 Å². The first-order valence-corrected chi connectivity index (χ1v) is 7.87. The van der Waals surface area contributed by atoms with Gasteiger partial charge in [-0.25, -0.2) is 4.68 Å². The molecule has 1 unspecified atom stereocenters. The Morgan fingerprint density at radius 2 is 2.04 bits per heavy atom. The van der Waals surface area contributed by atoms with Crippen LogP contribution in [-0.4, -0.2) is 28.5 Å². The summed E-state index contributed by atoms with van der Waals surface area (Å²) in [4.78, 5) is 24.0. The molecule has 5 nitrogen and oxygen atoms in total. The van der Waals surface area contributed by atoms with E-state index in [-0.39, 0.29) is 23.1 Å². The van der Waals surface area contributed by atoms with E-state index >= 15 is 0 Å². The summed E-state index contributed by atoms with van der Waals surface area (Å²) in [5.74, 6) is -2.64. The third-order valence-electron chi connectivity index (χ3n) is 3.44. The number of ether oxygens (including phenoxy) is 1. The Labute approximate surface area is 143 Å². The Hall–Kier alpha value is -1.90. The monoisotopic (exact) mass is 406 g/mol. The summed E-state index contributed by atoms with van der Waals surface area (Å²) in [6.07, 6.45) is -4.53. The largest absolute Gasteiger partial charge is 0.465 e. The fraction of sp³-hybridized carbons (Fsp3) is 0.400. The van der Waals surface area contributed by atoms with Crippen molar-refractivity contribution in [2.24, 2.45) is 0 Å². The molecule has 130 valence electrons. The minimum atomic E-state index is -4.53.